The monoisotopic (exact) mass is 256 g/mol. The van der Waals surface area contributed by atoms with Crippen LogP contribution in [0, 0.1) is 5.92 Å². The highest BCUT2D eigenvalue weighted by atomic mass is 32.1. The zero-order valence-electron chi connectivity index (χ0n) is 10.3. The highest BCUT2D eigenvalue weighted by molar-refractivity contribution is 7.07. The van der Waals surface area contributed by atoms with Crippen molar-refractivity contribution in [1.82, 2.24) is 10.6 Å². The fourth-order valence-corrected chi connectivity index (χ4v) is 2.11. The molecule has 1 aromatic heterocycles. The van der Waals surface area contributed by atoms with E-state index in [1.807, 2.05) is 30.7 Å². The summed E-state index contributed by atoms with van der Waals surface area (Å²) < 4.78 is 0. The SMILES string of the molecule is CCNCC(C)C(=O)NCC(O)c1ccsc1. The van der Waals surface area contributed by atoms with Crippen LogP contribution >= 0.6 is 11.3 Å². The van der Waals surface area contributed by atoms with Crippen LogP contribution in [0.5, 0.6) is 0 Å². The lowest BCUT2D eigenvalue weighted by Gasteiger charge is -2.14. The quantitative estimate of drug-likeness (QED) is 0.685. The van der Waals surface area contributed by atoms with Crippen LogP contribution in [0.25, 0.3) is 0 Å². The Hall–Kier alpha value is -0.910. The normalized spacial score (nSPS) is 14.3. The topological polar surface area (TPSA) is 61.4 Å². The van der Waals surface area contributed by atoms with Crippen molar-refractivity contribution < 1.29 is 9.90 Å². The summed E-state index contributed by atoms with van der Waals surface area (Å²) in [5.74, 6) is -0.107. The van der Waals surface area contributed by atoms with Crippen molar-refractivity contribution >= 4 is 17.2 Å². The van der Waals surface area contributed by atoms with Gasteiger partial charge in [-0.05, 0) is 28.9 Å². The van der Waals surface area contributed by atoms with Crippen LogP contribution in [-0.2, 0) is 4.79 Å². The van der Waals surface area contributed by atoms with Gasteiger partial charge >= 0.3 is 0 Å². The molecule has 0 radical (unpaired) electrons. The van der Waals surface area contributed by atoms with Gasteiger partial charge in [-0.25, -0.2) is 0 Å². The number of aliphatic hydroxyl groups excluding tert-OH is 1. The Morgan fingerprint density at radius 3 is 2.88 bits per heavy atom. The van der Waals surface area contributed by atoms with E-state index in [2.05, 4.69) is 10.6 Å². The second-order valence-electron chi connectivity index (χ2n) is 4.03. The van der Waals surface area contributed by atoms with Gasteiger partial charge in [0.05, 0.1) is 6.10 Å². The van der Waals surface area contributed by atoms with Gasteiger partial charge in [0, 0.05) is 19.0 Å². The first-order valence-electron chi connectivity index (χ1n) is 5.83. The van der Waals surface area contributed by atoms with E-state index in [1.54, 1.807) is 0 Å². The van der Waals surface area contributed by atoms with E-state index in [0.29, 0.717) is 6.54 Å². The van der Waals surface area contributed by atoms with Crippen LogP contribution in [0.1, 0.15) is 25.5 Å². The van der Waals surface area contributed by atoms with Crippen LogP contribution < -0.4 is 10.6 Å². The number of aliphatic hydroxyl groups is 1. The average molecular weight is 256 g/mol. The largest absolute Gasteiger partial charge is 0.387 e. The smallest absolute Gasteiger partial charge is 0.224 e. The molecule has 4 nitrogen and oxygen atoms in total. The van der Waals surface area contributed by atoms with Crippen molar-refractivity contribution in [2.45, 2.75) is 20.0 Å². The summed E-state index contributed by atoms with van der Waals surface area (Å²) >= 11 is 1.54. The highest BCUT2D eigenvalue weighted by Gasteiger charge is 2.14. The minimum absolute atomic E-state index is 0.0276. The summed E-state index contributed by atoms with van der Waals surface area (Å²) in [6.07, 6.45) is -0.614. The van der Waals surface area contributed by atoms with Crippen molar-refractivity contribution in [3.05, 3.63) is 22.4 Å². The lowest BCUT2D eigenvalue weighted by atomic mass is 10.1. The molecular formula is C12H20N2O2S. The summed E-state index contributed by atoms with van der Waals surface area (Å²) in [7, 11) is 0. The molecule has 0 saturated heterocycles. The van der Waals surface area contributed by atoms with Crippen molar-refractivity contribution in [3.8, 4) is 0 Å². The summed E-state index contributed by atoms with van der Waals surface area (Å²) in [5, 5.41) is 19.5. The Morgan fingerprint density at radius 2 is 2.29 bits per heavy atom. The maximum absolute atomic E-state index is 11.7. The Labute approximate surface area is 106 Å². The van der Waals surface area contributed by atoms with Gasteiger partial charge in [-0.15, -0.1) is 0 Å². The Kier molecular flexibility index (Phi) is 6.18. The molecule has 0 saturated carbocycles. The Bertz CT molecular complexity index is 327. The minimum atomic E-state index is -0.614. The van der Waals surface area contributed by atoms with Gasteiger partial charge in [0.15, 0.2) is 0 Å². The molecule has 0 fully saturated rings. The van der Waals surface area contributed by atoms with Gasteiger partial charge in [0.1, 0.15) is 0 Å². The van der Waals surface area contributed by atoms with E-state index in [4.69, 9.17) is 0 Å². The third-order valence-corrected chi connectivity index (χ3v) is 3.25. The maximum Gasteiger partial charge on any atom is 0.224 e. The highest BCUT2D eigenvalue weighted by Crippen LogP contribution is 2.15. The molecule has 2 atom stereocenters. The zero-order valence-corrected chi connectivity index (χ0v) is 11.1. The summed E-state index contributed by atoms with van der Waals surface area (Å²) in [5.41, 5.74) is 0.856. The van der Waals surface area contributed by atoms with Gasteiger partial charge < -0.3 is 15.7 Å². The summed E-state index contributed by atoms with van der Waals surface area (Å²) in [6.45, 7) is 5.66. The fraction of sp³-hybridized carbons (Fsp3) is 0.583. The molecular weight excluding hydrogens is 236 g/mol. The molecule has 0 aliphatic rings. The van der Waals surface area contributed by atoms with E-state index < -0.39 is 6.10 Å². The molecule has 17 heavy (non-hydrogen) atoms. The minimum Gasteiger partial charge on any atom is -0.387 e. The molecule has 1 heterocycles. The summed E-state index contributed by atoms with van der Waals surface area (Å²) in [6, 6.07) is 1.86. The number of rotatable bonds is 7. The molecule has 0 bridgehead atoms. The van der Waals surface area contributed by atoms with E-state index in [1.165, 1.54) is 11.3 Å². The number of thiophene rings is 1. The van der Waals surface area contributed by atoms with E-state index >= 15 is 0 Å². The van der Waals surface area contributed by atoms with Crippen molar-refractivity contribution in [2.24, 2.45) is 5.92 Å². The van der Waals surface area contributed by atoms with Gasteiger partial charge in [0.25, 0.3) is 0 Å². The van der Waals surface area contributed by atoms with Crippen LogP contribution in [-0.4, -0.2) is 30.6 Å². The number of nitrogens with one attached hydrogen (secondary N) is 2. The third kappa shape index (κ3) is 4.85. The van der Waals surface area contributed by atoms with Crippen molar-refractivity contribution in [2.75, 3.05) is 19.6 Å². The van der Waals surface area contributed by atoms with Crippen LogP contribution in [0.15, 0.2) is 16.8 Å². The molecule has 0 aromatic carbocycles. The fourth-order valence-electron chi connectivity index (χ4n) is 1.41. The number of hydrogen-bond donors (Lipinski definition) is 3. The Morgan fingerprint density at radius 1 is 1.53 bits per heavy atom. The Balaban J connectivity index is 2.28. The van der Waals surface area contributed by atoms with Crippen LogP contribution in [0.4, 0.5) is 0 Å². The molecule has 96 valence electrons. The average Bonchev–Trinajstić information content (AvgIpc) is 2.86. The van der Waals surface area contributed by atoms with Crippen molar-refractivity contribution in [3.63, 3.8) is 0 Å². The van der Waals surface area contributed by atoms with Gasteiger partial charge in [0.2, 0.25) is 5.91 Å². The number of carbonyl (C=O) groups is 1. The standard InChI is InChI=1S/C12H20N2O2S/c1-3-13-6-9(2)12(16)14-7-11(15)10-4-5-17-8-10/h4-5,8-9,11,13,15H,3,6-7H2,1-2H3,(H,14,16). The number of amides is 1. The predicted molar refractivity (Wildman–Crippen MR) is 70.0 cm³/mol. The lowest BCUT2D eigenvalue weighted by Crippen LogP contribution is -2.37. The zero-order chi connectivity index (χ0) is 12.7. The van der Waals surface area contributed by atoms with E-state index in [0.717, 1.165) is 12.1 Å². The van der Waals surface area contributed by atoms with E-state index in [9.17, 15) is 9.90 Å². The van der Waals surface area contributed by atoms with E-state index in [-0.39, 0.29) is 18.4 Å². The van der Waals surface area contributed by atoms with Crippen molar-refractivity contribution in [1.29, 1.82) is 0 Å². The lowest BCUT2D eigenvalue weighted by molar-refractivity contribution is -0.124. The van der Waals surface area contributed by atoms with Crippen LogP contribution in [0.2, 0.25) is 0 Å². The maximum atomic E-state index is 11.7. The first-order chi connectivity index (χ1) is 8.15. The molecule has 5 heteroatoms. The molecule has 1 aromatic rings. The molecule has 2 unspecified atom stereocenters. The third-order valence-electron chi connectivity index (χ3n) is 2.55. The first kappa shape index (κ1) is 14.2. The number of carbonyl (C=O) groups excluding carboxylic acids is 1. The second kappa shape index (κ2) is 7.42. The number of hydrogen-bond acceptors (Lipinski definition) is 4. The summed E-state index contributed by atoms with van der Waals surface area (Å²) in [4.78, 5) is 11.7. The molecule has 1 rings (SSSR count). The van der Waals surface area contributed by atoms with Gasteiger partial charge in [-0.3, -0.25) is 4.79 Å². The molecule has 0 aliphatic heterocycles. The first-order valence-corrected chi connectivity index (χ1v) is 6.78. The van der Waals surface area contributed by atoms with Crippen LogP contribution in [0.3, 0.4) is 0 Å². The second-order valence-corrected chi connectivity index (χ2v) is 4.81. The molecule has 3 N–H and O–H groups in total. The molecule has 0 spiro atoms. The molecule has 0 aliphatic carbocycles. The van der Waals surface area contributed by atoms with Gasteiger partial charge in [-0.1, -0.05) is 13.8 Å². The van der Waals surface area contributed by atoms with Gasteiger partial charge in [-0.2, -0.15) is 11.3 Å². The molecule has 1 amide bonds. The predicted octanol–water partition coefficient (Wildman–Crippen LogP) is 1.14.